The van der Waals surface area contributed by atoms with Gasteiger partial charge in [0.1, 0.15) is 0 Å². The number of halogens is 2. The number of β-lactam (4-membered cyclic amide) rings is 1. The highest BCUT2D eigenvalue weighted by atomic mass is 19.3. The van der Waals surface area contributed by atoms with Gasteiger partial charge in [0, 0.05) is 37.1 Å². The predicted octanol–water partition coefficient (Wildman–Crippen LogP) is 2.83. The summed E-state index contributed by atoms with van der Waals surface area (Å²) in [4.78, 5) is 18.5. The van der Waals surface area contributed by atoms with E-state index in [1.54, 1.807) is 0 Å². The number of hydrogen-bond acceptors (Lipinski definition) is 3. The third kappa shape index (κ3) is 4.16. The zero-order valence-electron chi connectivity index (χ0n) is 16.0. The Morgan fingerprint density at radius 3 is 2.28 bits per heavy atom. The van der Waals surface area contributed by atoms with Crippen LogP contribution in [0.2, 0.25) is 0 Å². The van der Waals surface area contributed by atoms with E-state index < -0.39 is 5.92 Å². The zero-order chi connectivity index (χ0) is 18.4. The van der Waals surface area contributed by atoms with Crippen LogP contribution in [0.1, 0.15) is 53.4 Å². The van der Waals surface area contributed by atoms with Gasteiger partial charge in [0.25, 0.3) is 5.92 Å². The van der Waals surface area contributed by atoms with E-state index >= 15 is 0 Å². The average Bonchev–Trinajstić information content (AvgIpc) is 2.92. The van der Waals surface area contributed by atoms with E-state index in [2.05, 4.69) is 25.7 Å². The van der Waals surface area contributed by atoms with Crippen LogP contribution in [0.5, 0.6) is 0 Å². The fourth-order valence-corrected chi connectivity index (χ4v) is 4.82. The van der Waals surface area contributed by atoms with Gasteiger partial charge in [-0.3, -0.25) is 9.69 Å². The SMILES string of the molecule is CC(C)N1CCC(CC(C)N2C(=O)CC2CC(C)N2CC(F)(F)C2)C1. The van der Waals surface area contributed by atoms with Crippen molar-refractivity contribution in [1.82, 2.24) is 14.7 Å². The molecule has 4 unspecified atom stereocenters. The van der Waals surface area contributed by atoms with Gasteiger partial charge in [-0.1, -0.05) is 0 Å². The minimum atomic E-state index is -2.51. The molecular weight excluding hydrogens is 324 g/mol. The lowest BCUT2D eigenvalue weighted by molar-refractivity contribution is -0.159. The van der Waals surface area contributed by atoms with Gasteiger partial charge >= 0.3 is 0 Å². The van der Waals surface area contributed by atoms with E-state index in [-0.39, 0.29) is 37.1 Å². The summed E-state index contributed by atoms with van der Waals surface area (Å²) < 4.78 is 26.1. The summed E-state index contributed by atoms with van der Waals surface area (Å²) in [6, 6.07) is 1.20. The second kappa shape index (κ2) is 7.10. The number of amides is 1. The molecule has 1 amide bonds. The molecule has 3 heterocycles. The molecular formula is C19H33F2N3O. The van der Waals surface area contributed by atoms with Crippen LogP contribution in [0.25, 0.3) is 0 Å². The van der Waals surface area contributed by atoms with Crippen molar-refractivity contribution in [3.05, 3.63) is 0 Å². The number of hydrogen-bond donors (Lipinski definition) is 0. The van der Waals surface area contributed by atoms with Crippen molar-refractivity contribution in [2.24, 2.45) is 5.92 Å². The largest absolute Gasteiger partial charge is 0.336 e. The molecule has 0 radical (unpaired) electrons. The highest BCUT2D eigenvalue weighted by Crippen LogP contribution is 2.34. The standard InChI is InChI=1S/C19H33F2N3O/c1-13(2)22-6-5-16(10-22)7-15(4)24-17(9-18(24)25)8-14(3)23-11-19(20,21)12-23/h13-17H,5-12H2,1-4H3. The Morgan fingerprint density at radius 1 is 1.08 bits per heavy atom. The number of carbonyl (C=O) groups excluding carboxylic acids is 1. The molecule has 6 heteroatoms. The molecule has 0 saturated carbocycles. The minimum absolute atomic E-state index is 0.121. The van der Waals surface area contributed by atoms with Gasteiger partial charge in [-0.15, -0.1) is 0 Å². The number of nitrogens with zero attached hydrogens (tertiary/aromatic N) is 3. The summed E-state index contributed by atoms with van der Waals surface area (Å²) in [5.74, 6) is -1.61. The number of likely N-dealkylation sites (tertiary alicyclic amines) is 3. The molecule has 144 valence electrons. The third-order valence-electron chi connectivity index (χ3n) is 6.39. The molecule has 0 aromatic heterocycles. The zero-order valence-corrected chi connectivity index (χ0v) is 16.0. The first-order valence-electron chi connectivity index (χ1n) is 9.83. The molecule has 3 aliphatic rings. The highest BCUT2D eigenvalue weighted by Gasteiger charge is 2.47. The summed E-state index contributed by atoms with van der Waals surface area (Å²) in [7, 11) is 0. The number of alkyl halides is 2. The Labute approximate surface area is 150 Å². The molecule has 0 spiro atoms. The maximum atomic E-state index is 13.1. The normalized spacial score (nSPS) is 32.6. The minimum Gasteiger partial charge on any atom is -0.336 e. The summed E-state index contributed by atoms with van der Waals surface area (Å²) >= 11 is 0. The summed E-state index contributed by atoms with van der Waals surface area (Å²) in [5.41, 5.74) is 0. The molecule has 3 fully saturated rings. The summed E-state index contributed by atoms with van der Waals surface area (Å²) in [5, 5.41) is 0. The van der Waals surface area contributed by atoms with Crippen LogP contribution < -0.4 is 0 Å². The van der Waals surface area contributed by atoms with Crippen molar-refractivity contribution in [2.45, 2.75) is 83.5 Å². The van der Waals surface area contributed by atoms with Crippen molar-refractivity contribution in [3.63, 3.8) is 0 Å². The van der Waals surface area contributed by atoms with Crippen LogP contribution in [0, 0.1) is 5.92 Å². The van der Waals surface area contributed by atoms with E-state index in [1.807, 2.05) is 16.7 Å². The maximum Gasteiger partial charge on any atom is 0.272 e. The lowest BCUT2D eigenvalue weighted by Crippen LogP contribution is -2.63. The van der Waals surface area contributed by atoms with Crippen LogP contribution in [-0.4, -0.2) is 76.9 Å². The van der Waals surface area contributed by atoms with E-state index in [0.29, 0.717) is 18.4 Å². The topological polar surface area (TPSA) is 26.8 Å². The van der Waals surface area contributed by atoms with Crippen LogP contribution >= 0.6 is 0 Å². The monoisotopic (exact) mass is 357 g/mol. The first-order valence-corrected chi connectivity index (χ1v) is 9.83. The maximum absolute atomic E-state index is 13.1. The average molecular weight is 357 g/mol. The second-order valence-corrected chi connectivity index (χ2v) is 8.83. The van der Waals surface area contributed by atoms with E-state index in [0.717, 1.165) is 25.9 Å². The Bertz CT molecular complexity index is 485. The summed E-state index contributed by atoms with van der Waals surface area (Å²) in [6.45, 7) is 10.7. The molecule has 0 bridgehead atoms. The van der Waals surface area contributed by atoms with Gasteiger partial charge in [0.05, 0.1) is 13.1 Å². The molecule has 4 nitrogen and oxygen atoms in total. The molecule has 3 rings (SSSR count). The fourth-order valence-electron chi connectivity index (χ4n) is 4.82. The van der Waals surface area contributed by atoms with Gasteiger partial charge in [0.15, 0.2) is 0 Å². The van der Waals surface area contributed by atoms with Crippen LogP contribution in [0.4, 0.5) is 8.78 Å². The van der Waals surface area contributed by atoms with E-state index in [9.17, 15) is 13.6 Å². The molecule has 0 aromatic carbocycles. The molecule has 0 aromatic rings. The van der Waals surface area contributed by atoms with Crippen molar-refractivity contribution in [2.75, 3.05) is 26.2 Å². The van der Waals surface area contributed by atoms with Gasteiger partial charge < -0.3 is 9.80 Å². The molecule has 25 heavy (non-hydrogen) atoms. The second-order valence-electron chi connectivity index (χ2n) is 8.83. The third-order valence-corrected chi connectivity index (χ3v) is 6.39. The Morgan fingerprint density at radius 2 is 1.76 bits per heavy atom. The smallest absolute Gasteiger partial charge is 0.272 e. The Kier molecular flexibility index (Phi) is 5.41. The lowest BCUT2D eigenvalue weighted by Gasteiger charge is -2.49. The lowest BCUT2D eigenvalue weighted by atomic mass is 9.88. The predicted molar refractivity (Wildman–Crippen MR) is 94.7 cm³/mol. The Hall–Kier alpha value is -0.750. The van der Waals surface area contributed by atoms with Crippen molar-refractivity contribution in [1.29, 1.82) is 0 Å². The number of rotatable bonds is 7. The van der Waals surface area contributed by atoms with Crippen LogP contribution in [-0.2, 0) is 4.79 Å². The Balaban J connectivity index is 1.46. The highest BCUT2D eigenvalue weighted by molar-refractivity contribution is 5.83. The molecule has 3 saturated heterocycles. The van der Waals surface area contributed by atoms with Crippen LogP contribution in [0.15, 0.2) is 0 Å². The van der Waals surface area contributed by atoms with Gasteiger partial charge in [-0.2, -0.15) is 0 Å². The van der Waals surface area contributed by atoms with E-state index in [4.69, 9.17) is 0 Å². The quantitative estimate of drug-likeness (QED) is 0.656. The van der Waals surface area contributed by atoms with Gasteiger partial charge in [-0.05, 0) is 59.4 Å². The summed E-state index contributed by atoms with van der Waals surface area (Å²) in [6.07, 6.45) is 3.67. The van der Waals surface area contributed by atoms with Gasteiger partial charge in [0.2, 0.25) is 5.91 Å². The van der Waals surface area contributed by atoms with Crippen molar-refractivity contribution >= 4 is 5.91 Å². The van der Waals surface area contributed by atoms with E-state index in [1.165, 1.54) is 6.42 Å². The molecule has 0 aliphatic carbocycles. The first-order chi connectivity index (χ1) is 11.7. The number of carbonyl (C=O) groups is 1. The molecule has 3 aliphatic heterocycles. The molecule has 4 atom stereocenters. The fraction of sp³-hybridized carbons (Fsp3) is 0.947. The first kappa shape index (κ1) is 19.0. The molecule has 0 N–H and O–H groups in total. The van der Waals surface area contributed by atoms with Crippen LogP contribution in [0.3, 0.4) is 0 Å². The van der Waals surface area contributed by atoms with Gasteiger partial charge in [-0.25, -0.2) is 8.78 Å². The van der Waals surface area contributed by atoms with Crippen molar-refractivity contribution < 1.29 is 13.6 Å². The van der Waals surface area contributed by atoms with Crippen molar-refractivity contribution in [3.8, 4) is 0 Å².